The predicted molar refractivity (Wildman–Crippen MR) is 96.3 cm³/mol. The van der Waals surface area contributed by atoms with Gasteiger partial charge in [0, 0.05) is 37.0 Å². The van der Waals surface area contributed by atoms with E-state index in [1.165, 1.54) is 19.3 Å². The van der Waals surface area contributed by atoms with Crippen LogP contribution in [0.15, 0.2) is 35.7 Å². The third kappa shape index (κ3) is 4.00. The zero-order valence-electron chi connectivity index (χ0n) is 14.6. The Hall–Kier alpha value is -2.80. The van der Waals surface area contributed by atoms with E-state index in [2.05, 4.69) is 5.32 Å². The first kappa shape index (κ1) is 18.5. The quantitative estimate of drug-likeness (QED) is 0.504. The van der Waals surface area contributed by atoms with Crippen molar-refractivity contribution >= 4 is 22.9 Å². The molecule has 0 saturated carbocycles. The molecule has 7 heteroatoms. The maximum atomic E-state index is 12.4. The minimum atomic E-state index is -0.317. The summed E-state index contributed by atoms with van der Waals surface area (Å²) in [7, 11) is 1.50. The standard InChI is InChI=1S/C18H23N3O4/c1-4-21(5-6-22)15-10-16(23)13(9-17(15)24)20-14-7-11(2)12(19)8-18(14)25-3/h7-10,20,22H,4-6,19H2,1-3H3. The number of aliphatic hydroxyl groups is 1. The molecule has 0 saturated heterocycles. The second kappa shape index (κ2) is 7.85. The highest BCUT2D eigenvalue weighted by molar-refractivity contribution is 6.20. The number of allylic oxidation sites excluding steroid dienone is 2. The van der Waals surface area contributed by atoms with Crippen molar-refractivity contribution < 1.29 is 19.4 Å². The molecule has 0 aromatic heterocycles. The van der Waals surface area contributed by atoms with Gasteiger partial charge in [-0.2, -0.15) is 0 Å². The number of nitrogens with one attached hydrogen (secondary N) is 1. The van der Waals surface area contributed by atoms with Crippen molar-refractivity contribution in [2.75, 3.05) is 37.9 Å². The first-order chi connectivity index (χ1) is 11.9. The highest BCUT2D eigenvalue weighted by Crippen LogP contribution is 2.31. The molecule has 1 aliphatic rings. The minimum Gasteiger partial charge on any atom is -0.494 e. The summed E-state index contributed by atoms with van der Waals surface area (Å²) in [6.07, 6.45) is 2.56. The Morgan fingerprint density at radius 2 is 1.96 bits per heavy atom. The van der Waals surface area contributed by atoms with Crippen LogP contribution in [0.1, 0.15) is 12.5 Å². The number of hydrogen-bond acceptors (Lipinski definition) is 7. The summed E-state index contributed by atoms with van der Waals surface area (Å²) >= 11 is 0. The van der Waals surface area contributed by atoms with Crippen LogP contribution < -0.4 is 15.8 Å². The van der Waals surface area contributed by atoms with Crippen LogP contribution in [0, 0.1) is 6.92 Å². The van der Waals surface area contributed by atoms with Crippen LogP contribution in [0.5, 0.6) is 5.75 Å². The molecule has 4 N–H and O–H groups in total. The lowest BCUT2D eigenvalue weighted by molar-refractivity contribution is -0.116. The highest BCUT2D eigenvalue weighted by Gasteiger charge is 2.24. The molecule has 0 atom stereocenters. The number of anilines is 2. The van der Waals surface area contributed by atoms with Crippen LogP contribution >= 0.6 is 0 Å². The molecule has 2 rings (SSSR count). The number of ether oxygens (including phenoxy) is 1. The third-order valence-corrected chi connectivity index (χ3v) is 4.01. The number of ketones is 2. The van der Waals surface area contributed by atoms with E-state index >= 15 is 0 Å². The van der Waals surface area contributed by atoms with Crippen molar-refractivity contribution in [3.8, 4) is 5.75 Å². The minimum absolute atomic E-state index is 0.0939. The van der Waals surface area contributed by atoms with E-state index in [1.54, 1.807) is 17.0 Å². The zero-order chi connectivity index (χ0) is 18.6. The van der Waals surface area contributed by atoms with Gasteiger partial charge in [-0.05, 0) is 25.5 Å². The maximum Gasteiger partial charge on any atom is 0.204 e. The van der Waals surface area contributed by atoms with Gasteiger partial charge in [0.15, 0.2) is 0 Å². The summed E-state index contributed by atoms with van der Waals surface area (Å²) < 4.78 is 5.28. The number of aliphatic hydroxyl groups excluding tert-OH is 1. The Labute approximate surface area is 146 Å². The monoisotopic (exact) mass is 345 g/mol. The van der Waals surface area contributed by atoms with Gasteiger partial charge in [0.2, 0.25) is 11.6 Å². The van der Waals surface area contributed by atoms with E-state index in [-0.39, 0.29) is 29.6 Å². The zero-order valence-corrected chi connectivity index (χ0v) is 14.6. The molecule has 1 aliphatic carbocycles. The average Bonchev–Trinajstić information content (AvgIpc) is 2.58. The van der Waals surface area contributed by atoms with Gasteiger partial charge in [0.1, 0.15) is 5.75 Å². The number of nitrogen functional groups attached to an aromatic ring is 1. The van der Waals surface area contributed by atoms with Gasteiger partial charge in [0.05, 0.1) is 30.8 Å². The Kier molecular flexibility index (Phi) is 5.82. The van der Waals surface area contributed by atoms with Crippen LogP contribution in [-0.2, 0) is 9.59 Å². The topological polar surface area (TPSA) is 105 Å². The summed E-state index contributed by atoms with van der Waals surface area (Å²) in [6.45, 7) is 4.42. The van der Waals surface area contributed by atoms with Crippen molar-refractivity contribution in [3.63, 3.8) is 0 Å². The summed E-state index contributed by atoms with van der Waals surface area (Å²) in [5.74, 6) is -0.124. The van der Waals surface area contributed by atoms with Gasteiger partial charge in [-0.25, -0.2) is 0 Å². The fourth-order valence-electron chi connectivity index (χ4n) is 2.58. The summed E-state index contributed by atoms with van der Waals surface area (Å²) in [4.78, 5) is 26.5. The van der Waals surface area contributed by atoms with Crippen LogP contribution in [0.4, 0.5) is 11.4 Å². The van der Waals surface area contributed by atoms with Gasteiger partial charge >= 0.3 is 0 Å². The number of nitrogens with zero attached hydrogens (tertiary/aromatic N) is 1. The van der Waals surface area contributed by atoms with E-state index in [0.29, 0.717) is 30.2 Å². The smallest absolute Gasteiger partial charge is 0.204 e. The second-order valence-electron chi connectivity index (χ2n) is 5.65. The Morgan fingerprint density at radius 1 is 1.24 bits per heavy atom. The van der Waals surface area contributed by atoms with E-state index in [4.69, 9.17) is 15.6 Å². The molecule has 1 aromatic carbocycles. The van der Waals surface area contributed by atoms with Crippen molar-refractivity contribution in [1.29, 1.82) is 0 Å². The van der Waals surface area contributed by atoms with Crippen LogP contribution in [0.3, 0.4) is 0 Å². The lowest BCUT2D eigenvalue weighted by Gasteiger charge is -2.25. The molecule has 0 aliphatic heterocycles. The molecule has 7 nitrogen and oxygen atoms in total. The van der Waals surface area contributed by atoms with Crippen molar-refractivity contribution in [1.82, 2.24) is 4.90 Å². The van der Waals surface area contributed by atoms with E-state index in [0.717, 1.165) is 5.56 Å². The van der Waals surface area contributed by atoms with Gasteiger partial charge in [-0.3, -0.25) is 9.59 Å². The normalized spacial score (nSPS) is 14.1. The highest BCUT2D eigenvalue weighted by atomic mass is 16.5. The molecule has 134 valence electrons. The predicted octanol–water partition coefficient (Wildman–Crippen LogP) is 1.23. The number of benzene rings is 1. The molecule has 1 aromatic rings. The largest absolute Gasteiger partial charge is 0.494 e. The number of hydrogen-bond donors (Lipinski definition) is 3. The molecule has 0 unspecified atom stereocenters. The number of carbonyl (C=O) groups excluding carboxylic acids is 2. The number of rotatable bonds is 7. The van der Waals surface area contributed by atoms with Gasteiger partial charge in [-0.15, -0.1) is 0 Å². The lowest BCUT2D eigenvalue weighted by Crippen LogP contribution is -2.33. The molecular weight excluding hydrogens is 322 g/mol. The van der Waals surface area contributed by atoms with Crippen LogP contribution in [0.2, 0.25) is 0 Å². The molecule has 0 heterocycles. The van der Waals surface area contributed by atoms with Crippen molar-refractivity contribution in [3.05, 3.63) is 41.2 Å². The lowest BCUT2D eigenvalue weighted by atomic mass is 10.0. The second-order valence-corrected chi connectivity index (χ2v) is 5.65. The van der Waals surface area contributed by atoms with Gasteiger partial charge < -0.3 is 25.8 Å². The number of carbonyl (C=O) groups is 2. The SMILES string of the molecule is CCN(CCO)C1=CC(=O)C(Nc2cc(C)c(N)cc2OC)=CC1=O. The molecule has 0 radical (unpaired) electrons. The number of likely N-dealkylation sites (N-methyl/N-ethyl adjacent to an activating group) is 1. The number of methoxy groups -OCH3 is 1. The molecule has 0 spiro atoms. The Bertz CT molecular complexity index is 753. The van der Waals surface area contributed by atoms with E-state index in [1.807, 2.05) is 13.8 Å². The molecule has 0 bridgehead atoms. The molecular formula is C18H23N3O4. The summed E-state index contributed by atoms with van der Waals surface area (Å²) in [6, 6.07) is 3.42. The summed E-state index contributed by atoms with van der Waals surface area (Å²) in [5, 5.41) is 12.0. The van der Waals surface area contributed by atoms with Crippen LogP contribution in [-0.4, -0.2) is 48.4 Å². The Balaban J connectivity index is 2.28. The summed E-state index contributed by atoms with van der Waals surface area (Å²) in [5.41, 5.74) is 8.27. The van der Waals surface area contributed by atoms with E-state index < -0.39 is 0 Å². The van der Waals surface area contributed by atoms with Gasteiger partial charge in [-0.1, -0.05) is 0 Å². The first-order valence-electron chi connectivity index (χ1n) is 8.00. The maximum absolute atomic E-state index is 12.4. The fourth-order valence-corrected chi connectivity index (χ4v) is 2.58. The molecule has 0 amide bonds. The van der Waals surface area contributed by atoms with Crippen molar-refractivity contribution in [2.45, 2.75) is 13.8 Å². The van der Waals surface area contributed by atoms with Crippen molar-refractivity contribution in [2.24, 2.45) is 0 Å². The van der Waals surface area contributed by atoms with Crippen LogP contribution in [0.25, 0.3) is 0 Å². The van der Waals surface area contributed by atoms with Gasteiger partial charge in [0.25, 0.3) is 0 Å². The number of aryl methyl sites for hydroxylation is 1. The molecule has 25 heavy (non-hydrogen) atoms. The fraction of sp³-hybridized carbons (Fsp3) is 0.333. The first-order valence-corrected chi connectivity index (χ1v) is 8.00. The Morgan fingerprint density at radius 3 is 2.56 bits per heavy atom. The molecule has 0 fully saturated rings. The number of nitrogens with two attached hydrogens (primary N) is 1. The van der Waals surface area contributed by atoms with E-state index in [9.17, 15) is 9.59 Å². The average molecular weight is 345 g/mol. The third-order valence-electron chi connectivity index (χ3n) is 4.01.